The third-order valence-corrected chi connectivity index (χ3v) is 5.83. The second kappa shape index (κ2) is 8.67. The summed E-state index contributed by atoms with van der Waals surface area (Å²) in [4.78, 5) is 26.2. The molecule has 146 valence electrons. The maximum absolute atomic E-state index is 12.7. The van der Waals surface area contributed by atoms with E-state index in [2.05, 4.69) is 20.2 Å². The molecule has 0 aliphatic carbocycles. The van der Waals surface area contributed by atoms with Crippen LogP contribution in [0.15, 0.2) is 53.4 Å². The van der Waals surface area contributed by atoms with Crippen LogP contribution in [0.1, 0.15) is 12.2 Å². The van der Waals surface area contributed by atoms with Crippen LogP contribution < -0.4 is 5.32 Å². The lowest BCUT2D eigenvalue weighted by molar-refractivity contribution is 0.210. The van der Waals surface area contributed by atoms with Crippen molar-refractivity contribution in [2.45, 2.75) is 17.9 Å². The number of rotatable bonds is 4. The minimum Gasteiger partial charge on any atom is -0.341 e. The monoisotopic (exact) mass is 395 g/mol. The van der Waals surface area contributed by atoms with E-state index in [0.717, 1.165) is 60.0 Å². The fraction of sp³-hybridized carbons (Fsp3) is 0.333. The van der Waals surface area contributed by atoms with Crippen LogP contribution >= 0.6 is 11.8 Å². The lowest BCUT2D eigenvalue weighted by Crippen LogP contribution is -2.38. The molecule has 0 atom stereocenters. The van der Waals surface area contributed by atoms with Gasteiger partial charge in [-0.1, -0.05) is 24.3 Å². The number of anilines is 1. The van der Waals surface area contributed by atoms with Gasteiger partial charge in [0.05, 0.1) is 23.3 Å². The van der Waals surface area contributed by atoms with Crippen molar-refractivity contribution in [2.24, 2.45) is 0 Å². The largest absolute Gasteiger partial charge is 0.341 e. The predicted molar refractivity (Wildman–Crippen MR) is 115 cm³/mol. The molecule has 1 saturated heterocycles. The molecule has 0 unspecified atom stereocenters. The Hall–Kier alpha value is -2.51. The summed E-state index contributed by atoms with van der Waals surface area (Å²) in [7, 11) is 0. The van der Waals surface area contributed by atoms with Gasteiger partial charge < -0.3 is 15.2 Å². The van der Waals surface area contributed by atoms with Gasteiger partial charge in [0, 0.05) is 31.1 Å². The molecule has 1 aromatic heterocycles. The highest BCUT2D eigenvalue weighted by atomic mass is 32.2. The maximum atomic E-state index is 12.7. The normalized spacial score (nSPS) is 15.5. The smallest absolute Gasteiger partial charge is 0.321 e. The van der Waals surface area contributed by atoms with Gasteiger partial charge in [0.1, 0.15) is 5.82 Å². The molecule has 2 heterocycles. The summed E-state index contributed by atoms with van der Waals surface area (Å²) in [5, 5.41) is 3.07. The van der Waals surface area contributed by atoms with Crippen molar-refractivity contribution in [1.82, 2.24) is 19.8 Å². The zero-order chi connectivity index (χ0) is 19.3. The van der Waals surface area contributed by atoms with E-state index in [4.69, 9.17) is 0 Å². The third-order valence-electron chi connectivity index (χ3n) is 5.04. The van der Waals surface area contributed by atoms with Crippen molar-refractivity contribution < 1.29 is 4.79 Å². The minimum absolute atomic E-state index is 0.0212. The van der Waals surface area contributed by atoms with Crippen LogP contribution in [0, 0.1) is 0 Å². The highest BCUT2D eigenvalue weighted by Gasteiger charge is 2.20. The summed E-state index contributed by atoms with van der Waals surface area (Å²) in [6.07, 6.45) is 2.98. The summed E-state index contributed by atoms with van der Waals surface area (Å²) in [6.45, 7) is 4.06. The molecular formula is C21H25N5OS. The van der Waals surface area contributed by atoms with E-state index in [1.165, 1.54) is 0 Å². The lowest BCUT2D eigenvalue weighted by atomic mass is 10.3. The SMILES string of the molecule is CSc1ccccc1NC(=O)N1CCCN(Cc2nc3ccccc3[nH]2)CC1. The van der Waals surface area contributed by atoms with E-state index in [0.29, 0.717) is 6.54 Å². The number of aromatic amines is 1. The fourth-order valence-corrected chi connectivity index (χ4v) is 4.12. The molecular weight excluding hydrogens is 370 g/mol. The van der Waals surface area contributed by atoms with Gasteiger partial charge in [0.15, 0.2) is 0 Å². The first-order valence-corrected chi connectivity index (χ1v) is 10.8. The van der Waals surface area contributed by atoms with Crippen molar-refractivity contribution in [3.63, 3.8) is 0 Å². The number of nitrogens with one attached hydrogen (secondary N) is 2. The molecule has 2 N–H and O–H groups in total. The van der Waals surface area contributed by atoms with E-state index in [9.17, 15) is 4.79 Å². The number of para-hydroxylation sites is 3. The van der Waals surface area contributed by atoms with Gasteiger partial charge >= 0.3 is 6.03 Å². The van der Waals surface area contributed by atoms with Crippen LogP contribution in [0.3, 0.4) is 0 Å². The minimum atomic E-state index is -0.0212. The molecule has 3 aromatic rings. The molecule has 0 saturated carbocycles. The summed E-state index contributed by atoms with van der Waals surface area (Å²) in [5.74, 6) is 0.980. The van der Waals surface area contributed by atoms with Gasteiger partial charge in [-0.05, 0) is 36.9 Å². The Labute approximate surface area is 169 Å². The molecule has 28 heavy (non-hydrogen) atoms. The highest BCUT2D eigenvalue weighted by molar-refractivity contribution is 7.98. The molecule has 0 bridgehead atoms. The maximum Gasteiger partial charge on any atom is 0.321 e. The number of nitrogens with zero attached hydrogens (tertiary/aromatic N) is 3. The van der Waals surface area contributed by atoms with Gasteiger partial charge in [-0.3, -0.25) is 4.90 Å². The highest BCUT2D eigenvalue weighted by Crippen LogP contribution is 2.25. The number of amides is 2. The number of carbonyl (C=O) groups is 1. The fourth-order valence-electron chi connectivity index (χ4n) is 3.57. The number of thioether (sulfide) groups is 1. The Balaban J connectivity index is 1.36. The second-order valence-electron chi connectivity index (χ2n) is 6.95. The Kier molecular flexibility index (Phi) is 5.83. The molecule has 7 heteroatoms. The first kappa shape index (κ1) is 18.8. The average molecular weight is 396 g/mol. The Morgan fingerprint density at radius 2 is 1.93 bits per heavy atom. The second-order valence-corrected chi connectivity index (χ2v) is 7.80. The summed E-state index contributed by atoms with van der Waals surface area (Å²) in [6, 6.07) is 16.0. The Morgan fingerprint density at radius 3 is 2.79 bits per heavy atom. The lowest BCUT2D eigenvalue weighted by Gasteiger charge is -2.22. The Bertz CT molecular complexity index is 924. The van der Waals surface area contributed by atoms with Crippen LogP contribution in [0.5, 0.6) is 0 Å². The summed E-state index contributed by atoms with van der Waals surface area (Å²) < 4.78 is 0. The van der Waals surface area contributed by atoms with Crippen LogP contribution in [-0.4, -0.2) is 58.2 Å². The molecule has 0 radical (unpaired) electrons. The van der Waals surface area contributed by atoms with Gasteiger partial charge in [0.2, 0.25) is 0 Å². The number of hydrogen-bond donors (Lipinski definition) is 2. The zero-order valence-electron chi connectivity index (χ0n) is 16.0. The van der Waals surface area contributed by atoms with Crippen molar-refractivity contribution >= 4 is 34.5 Å². The number of aromatic nitrogens is 2. The van der Waals surface area contributed by atoms with E-state index >= 15 is 0 Å². The van der Waals surface area contributed by atoms with Crippen LogP contribution in [0.4, 0.5) is 10.5 Å². The van der Waals surface area contributed by atoms with Gasteiger partial charge in [-0.25, -0.2) is 9.78 Å². The number of carbonyl (C=O) groups excluding carboxylic acids is 1. The zero-order valence-corrected chi connectivity index (χ0v) is 16.8. The Morgan fingerprint density at radius 1 is 1.11 bits per heavy atom. The van der Waals surface area contributed by atoms with Gasteiger partial charge in [-0.2, -0.15) is 0 Å². The van der Waals surface area contributed by atoms with E-state index < -0.39 is 0 Å². The van der Waals surface area contributed by atoms with E-state index in [1.54, 1.807) is 11.8 Å². The number of H-pyrrole nitrogens is 1. The molecule has 4 rings (SSSR count). The molecule has 1 aliphatic heterocycles. The van der Waals surface area contributed by atoms with E-state index in [1.807, 2.05) is 59.7 Å². The van der Waals surface area contributed by atoms with Crippen LogP contribution in [0.25, 0.3) is 11.0 Å². The van der Waals surface area contributed by atoms with Crippen molar-refractivity contribution in [3.05, 3.63) is 54.4 Å². The predicted octanol–water partition coefficient (Wildman–Crippen LogP) is 4.02. The average Bonchev–Trinajstić information content (AvgIpc) is 2.97. The van der Waals surface area contributed by atoms with Crippen molar-refractivity contribution in [1.29, 1.82) is 0 Å². The van der Waals surface area contributed by atoms with E-state index in [-0.39, 0.29) is 6.03 Å². The summed E-state index contributed by atoms with van der Waals surface area (Å²) in [5.41, 5.74) is 2.95. The number of imidazole rings is 1. The first-order valence-electron chi connectivity index (χ1n) is 9.58. The number of urea groups is 1. The first-order chi connectivity index (χ1) is 13.7. The van der Waals surface area contributed by atoms with Crippen LogP contribution in [0.2, 0.25) is 0 Å². The van der Waals surface area contributed by atoms with Crippen molar-refractivity contribution in [3.8, 4) is 0 Å². The molecule has 1 fully saturated rings. The molecule has 6 nitrogen and oxygen atoms in total. The molecule has 0 spiro atoms. The quantitative estimate of drug-likeness (QED) is 0.655. The molecule has 2 amide bonds. The number of fused-ring (bicyclic) bond motifs is 1. The topological polar surface area (TPSA) is 64.3 Å². The third kappa shape index (κ3) is 4.31. The molecule has 1 aliphatic rings. The molecule has 2 aromatic carbocycles. The van der Waals surface area contributed by atoms with Gasteiger partial charge in [-0.15, -0.1) is 11.8 Å². The number of benzene rings is 2. The number of hydrogen-bond acceptors (Lipinski definition) is 4. The van der Waals surface area contributed by atoms with Gasteiger partial charge in [0.25, 0.3) is 0 Å². The standard InChI is InChI=1S/C21H25N5OS/c1-28-19-10-5-4-9-18(19)24-21(27)26-12-6-11-25(13-14-26)15-20-22-16-7-2-3-8-17(16)23-20/h2-5,7-10H,6,11-15H2,1H3,(H,22,23)(H,24,27). The summed E-state index contributed by atoms with van der Waals surface area (Å²) >= 11 is 1.64. The van der Waals surface area contributed by atoms with Crippen molar-refractivity contribution in [2.75, 3.05) is 37.8 Å². The van der Waals surface area contributed by atoms with Crippen LogP contribution in [-0.2, 0) is 6.54 Å².